The van der Waals surface area contributed by atoms with Crippen LogP contribution < -0.4 is 5.32 Å². The van der Waals surface area contributed by atoms with Crippen molar-refractivity contribution in [1.29, 1.82) is 0 Å². The fourth-order valence-electron chi connectivity index (χ4n) is 2.07. The molecule has 0 unspecified atom stereocenters. The molecule has 24 heavy (non-hydrogen) atoms. The Hall–Kier alpha value is -2.84. The Kier molecular flexibility index (Phi) is 4.24. The quantitative estimate of drug-likeness (QED) is 0.927. The maximum absolute atomic E-state index is 12.4. The topological polar surface area (TPSA) is 77.3 Å². The van der Waals surface area contributed by atoms with E-state index >= 15 is 0 Å². The van der Waals surface area contributed by atoms with Gasteiger partial charge < -0.3 is 14.6 Å². The molecule has 0 saturated carbocycles. The second kappa shape index (κ2) is 6.34. The first-order valence-corrected chi connectivity index (χ1v) is 7.09. The number of hydrogen-bond acceptors (Lipinski definition) is 5. The lowest BCUT2D eigenvalue weighted by molar-refractivity contribution is -0.159. The lowest BCUT2D eigenvalue weighted by Crippen LogP contribution is -2.18. The molecular formula is C15H12F3N3O3. The smallest absolute Gasteiger partial charge is 0.471 e. The number of ether oxygens (including phenoxy) is 1. The van der Waals surface area contributed by atoms with Crippen molar-refractivity contribution in [2.24, 2.45) is 0 Å². The predicted octanol–water partition coefficient (Wildman–Crippen LogP) is 3.39. The molecule has 2 heterocycles. The van der Waals surface area contributed by atoms with Gasteiger partial charge >= 0.3 is 12.1 Å². The molecule has 1 aromatic carbocycles. The lowest BCUT2D eigenvalue weighted by Gasteiger charge is -2.14. The summed E-state index contributed by atoms with van der Waals surface area (Å²) in [6.07, 6.45) is -1.32. The molecule has 1 amide bonds. The van der Waals surface area contributed by atoms with E-state index in [1.54, 1.807) is 6.08 Å². The summed E-state index contributed by atoms with van der Waals surface area (Å²) in [5, 5.41) is 5.94. The summed E-state index contributed by atoms with van der Waals surface area (Å²) in [4.78, 5) is 15.3. The Morgan fingerprint density at radius 1 is 1.21 bits per heavy atom. The average molecular weight is 339 g/mol. The second-order valence-electron chi connectivity index (χ2n) is 5.01. The first-order chi connectivity index (χ1) is 11.4. The maximum atomic E-state index is 12.4. The molecule has 0 fully saturated rings. The van der Waals surface area contributed by atoms with E-state index < -0.39 is 12.1 Å². The summed E-state index contributed by atoms with van der Waals surface area (Å²) in [5.41, 5.74) is 0.804. The van der Waals surface area contributed by atoms with Gasteiger partial charge in [0.15, 0.2) is 5.76 Å². The third-order valence-electron chi connectivity index (χ3n) is 3.23. The third-order valence-corrected chi connectivity index (χ3v) is 3.23. The van der Waals surface area contributed by atoms with Crippen LogP contribution in [0.1, 0.15) is 18.7 Å². The summed E-state index contributed by atoms with van der Waals surface area (Å²) in [6, 6.07) is 6.02. The largest absolute Gasteiger partial charge is 0.488 e. The molecule has 0 atom stereocenters. The van der Waals surface area contributed by atoms with E-state index in [4.69, 9.17) is 4.74 Å². The number of aromatic nitrogens is 2. The SMILES string of the molecule is O=C(Nc1ccc(-c2noc(C(F)(F)F)n2)cc1)C1=CCCCO1. The monoisotopic (exact) mass is 339 g/mol. The Morgan fingerprint density at radius 3 is 2.54 bits per heavy atom. The maximum Gasteiger partial charge on any atom is 0.471 e. The van der Waals surface area contributed by atoms with Crippen LogP contribution >= 0.6 is 0 Å². The molecule has 1 aliphatic rings. The first kappa shape index (κ1) is 16.0. The Labute approximate surface area is 134 Å². The van der Waals surface area contributed by atoms with E-state index in [9.17, 15) is 18.0 Å². The average Bonchev–Trinajstić information content (AvgIpc) is 3.07. The number of amides is 1. The number of carbonyl (C=O) groups is 1. The van der Waals surface area contributed by atoms with Gasteiger partial charge in [-0.25, -0.2) is 0 Å². The molecule has 0 radical (unpaired) electrons. The van der Waals surface area contributed by atoms with Gasteiger partial charge in [0.05, 0.1) is 6.61 Å². The number of allylic oxidation sites excluding steroid dienone is 1. The van der Waals surface area contributed by atoms with Gasteiger partial charge in [0, 0.05) is 11.3 Å². The number of anilines is 1. The van der Waals surface area contributed by atoms with Crippen molar-refractivity contribution >= 4 is 11.6 Å². The number of nitrogens with one attached hydrogen (secondary N) is 1. The summed E-state index contributed by atoms with van der Waals surface area (Å²) in [7, 11) is 0. The highest BCUT2D eigenvalue weighted by Gasteiger charge is 2.38. The highest BCUT2D eigenvalue weighted by Crippen LogP contribution is 2.29. The zero-order chi connectivity index (χ0) is 17.2. The van der Waals surface area contributed by atoms with Gasteiger partial charge in [0.1, 0.15) is 0 Å². The van der Waals surface area contributed by atoms with Crippen molar-refractivity contribution in [2.45, 2.75) is 19.0 Å². The van der Waals surface area contributed by atoms with Crippen LogP contribution in [-0.2, 0) is 15.7 Å². The summed E-state index contributed by atoms with van der Waals surface area (Å²) < 4.78 is 46.7. The second-order valence-corrected chi connectivity index (χ2v) is 5.01. The molecule has 0 bridgehead atoms. The molecule has 1 aliphatic heterocycles. The minimum absolute atomic E-state index is 0.182. The molecule has 2 aromatic rings. The van der Waals surface area contributed by atoms with E-state index in [1.165, 1.54) is 24.3 Å². The van der Waals surface area contributed by atoms with Crippen molar-refractivity contribution in [3.05, 3.63) is 42.0 Å². The number of nitrogens with zero attached hydrogens (tertiary/aromatic N) is 2. The van der Waals surface area contributed by atoms with Gasteiger partial charge in [-0.05, 0) is 43.2 Å². The van der Waals surface area contributed by atoms with Crippen LogP contribution in [0.5, 0.6) is 0 Å². The third kappa shape index (κ3) is 3.55. The number of carbonyl (C=O) groups excluding carboxylic acids is 1. The van der Waals surface area contributed by atoms with Crippen LogP contribution in [0.25, 0.3) is 11.4 Å². The molecule has 0 saturated heterocycles. The van der Waals surface area contributed by atoms with Gasteiger partial charge in [-0.15, -0.1) is 0 Å². The van der Waals surface area contributed by atoms with Crippen molar-refractivity contribution in [1.82, 2.24) is 10.1 Å². The van der Waals surface area contributed by atoms with Crippen LogP contribution in [-0.4, -0.2) is 22.7 Å². The minimum atomic E-state index is -4.69. The highest BCUT2D eigenvalue weighted by molar-refractivity contribution is 6.02. The van der Waals surface area contributed by atoms with E-state index in [2.05, 4.69) is 20.0 Å². The van der Waals surface area contributed by atoms with Crippen molar-refractivity contribution < 1.29 is 27.2 Å². The molecular weight excluding hydrogens is 327 g/mol. The van der Waals surface area contributed by atoms with E-state index in [0.717, 1.165) is 12.8 Å². The van der Waals surface area contributed by atoms with E-state index in [-0.39, 0.29) is 17.5 Å². The molecule has 6 nitrogen and oxygen atoms in total. The molecule has 3 rings (SSSR count). The fraction of sp³-hybridized carbons (Fsp3) is 0.267. The van der Waals surface area contributed by atoms with Gasteiger partial charge in [-0.2, -0.15) is 18.2 Å². The fourth-order valence-corrected chi connectivity index (χ4v) is 2.07. The zero-order valence-corrected chi connectivity index (χ0v) is 12.3. The van der Waals surface area contributed by atoms with E-state index in [1.807, 2.05) is 0 Å². The Bertz CT molecular complexity index is 766. The normalized spacial score (nSPS) is 14.7. The van der Waals surface area contributed by atoms with Crippen LogP contribution in [0, 0.1) is 0 Å². The van der Waals surface area contributed by atoms with Crippen LogP contribution in [0.15, 0.2) is 40.6 Å². The number of rotatable bonds is 3. The molecule has 0 spiro atoms. The van der Waals surface area contributed by atoms with Crippen LogP contribution in [0.4, 0.5) is 18.9 Å². The number of halogens is 3. The first-order valence-electron chi connectivity index (χ1n) is 7.09. The Balaban J connectivity index is 1.70. The van der Waals surface area contributed by atoms with Crippen LogP contribution in [0.2, 0.25) is 0 Å². The lowest BCUT2D eigenvalue weighted by atomic mass is 10.2. The van der Waals surface area contributed by atoms with Crippen molar-refractivity contribution in [2.75, 3.05) is 11.9 Å². The van der Waals surface area contributed by atoms with Gasteiger partial charge in [0.25, 0.3) is 5.91 Å². The number of hydrogen-bond donors (Lipinski definition) is 1. The minimum Gasteiger partial charge on any atom is -0.488 e. The predicted molar refractivity (Wildman–Crippen MR) is 76.6 cm³/mol. The summed E-state index contributed by atoms with van der Waals surface area (Å²) in [6.45, 7) is 0.498. The zero-order valence-electron chi connectivity index (χ0n) is 12.3. The standard InChI is InChI=1S/C15H12F3N3O3/c16-15(17,18)14-20-12(21-24-14)9-4-6-10(7-5-9)19-13(22)11-3-1-2-8-23-11/h3-7H,1-2,8H2,(H,19,22). The molecule has 1 N–H and O–H groups in total. The van der Waals surface area contributed by atoms with Gasteiger partial charge in [-0.1, -0.05) is 5.16 Å². The van der Waals surface area contributed by atoms with Crippen molar-refractivity contribution in [3.63, 3.8) is 0 Å². The molecule has 9 heteroatoms. The summed E-state index contributed by atoms with van der Waals surface area (Å²) >= 11 is 0. The molecule has 126 valence electrons. The Morgan fingerprint density at radius 2 is 1.96 bits per heavy atom. The van der Waals surface area contributed by atoms with Gasteiger partial charge in [-0.3, -0.25) is 4.79 Å². The van der Waals surface area contributed by atoms with Crippen LogP contribution in [0.3, 0.4) is 0 Å². The molecule has 1 aromatic heterocycles. The number of benzene rings is 1. The van der Waals surface area contributed by atoms with Gasteiger partial charge in [0.2, 0.25) is 5.82 Å². The highest BCUT2D eigenvalue weighted by atomic mass is 19.4. The molecule has 0 aliphatic carbocycles. The number of alkyl halides is 3. The van der Waals surface area contributed by atoms with E-state index in [0.29, 0.717) is 17.9 Å². The summed E-state index contributed by atoms with van der Waals surface area (Å²) in [5.74, 6) is -1.70. The van der Waals surface area contributed by atoms with Crippen molar-refractivity contribution in [3.8, 4) is 11.4 Å².